The molecular formula is C17H22F2N2O6. The van der Waals surface area contributed by atoms with Crippen LogP contribution < -0.4 is 14.2 Å². The van der Waals surface area contributed by atoms with E-state index < -0.39 is 12.6 Å². The molecule has 27 heavy (non-hydrogen) atoms. The van der Waals surface area contributed by atoms with E-state index in [9.17, 15) is 13.6 Å². The average Bonchev–Trinajstić information content (AvgIpc) is 3.01. The van der Waals surface area contributed by atoms with Gasteiger partial charge in [0.2, 0.25) is 6.79 Å². The standard InChI is InChI=1S/C17H22F2N2O6/c1-20(9-16(22)23)7-12-8-21(2-3-24-12)6-11-4-14-15(26-10-25-14)5-13(11)27-17(18)19/h4-5,12,17H,2-3,6-10H2,1H3,(H,22,23). The van der Waals surface area contributed by atoms with Gasteiger partial charge in [0.25, 0.3) is 0 Å². The lowest BCUT2D eigenvalue weighted by atomic mass is 10.1. The normalized spacial score (nSPS) is 19.7. The third-order valence-corrected chi connectivity index (χ3v) is 4.31. The van der Waals surface area contributed by atoms with Gasteiger partial charge < -0.3 is 24.1 Å². The Morgan fingerprint density at radius 1 is 1.41 bits per heavy atom. The first-order valence-electron chi connectivity index (χ1n) is 8.52. The first kappa shape index (κ1) is 19.6. The summed E-state index contributed by atoms with van der Waals surface area (Å²) in [7, 11) is 1.71. The fourth-order valence-corrected chi connectivity index (χ4v) is 3.21. The number of halogens is 2. The number of morpholine rings is 1. The second-order valence-corrected chi connectivity index (χ2v) is 6.51. The van der Waals surface area contributed by atoms with Crippen LogP contribution in [0.4, 0.5) is 8.78 Å². The van der Waals surface area contributed by atoms with Crippen LogP contribution in [-0.4, -0.2) is 80.2 Å². The van der Waals surface area contributed by atoms with Gasteiger partial charge in [0.1, 0.15) is 5.75 Å². The van der Waals surface area contributed by atoms with Gasteiger partial charge in [0.15, 0.2) is 11.5 Å². The van der Waals surface area contributed by atoms with Crippen molar-refractivity contribution in [3.05, 3.63) is 17.7 Å². The van der Waals surface area contributed by atoms with Crippen LogP contribution in [0.2, 0.25) is 0 Å². The lowest BCUT2D eigenvalue weighted by Crippen LogP contribution is -2.47. The number of aliphatic carboxylic acids is 1. The van der Waals surface area contributed by atoms with E-state index in [0.29, 0.717) is 49.8 Å². The summed E-state index contributed by atoms with van der Waals surface area (Å²) < 4.78 is 46.4. The third-order valence-electron chi connectivity index (χ3n) is 4.31. The minimum absolute atomic E-state index is 0.0441. The average molecular weight is 388 g/mol. The molecule has 0 radical (unpaired) electrons. The smallest absolute Gasteiger partial charge is 0.387 e. The van der Waals surface area contributed by atoms with Crippen LogP contribution in [0.1, 0.15) is 5.56 Å². The van der Waals surface area contributed by atoms with Crippen molar-refractivity contribution >= 4 is 5.97 Å². The van der Waals surface area contributed by atoms with Crippen molar-refractivity contribution in [3.8, 4) is 17.2 Å². The molecule has 0 aromatic heterocycles. The van der Waals surface area contributed by atoms with Gasteiger partial charge in [-0.3, -0.25) is 14.6 Å². The topological polar surface area (TPSA) is 80.7 Å². The van der Waals surface area contributed by atoms with Crippen LogP contribution in [0.5, 0.6) is 17.2 Å². The van der Waals surface area contributed by atoms with Gasteiger partial charge in [-0.1, -0.05) is 0 Å². The maximum atomic E-state index is 12.8. The van der Waals surface area contributed by atoms with Gasteiger partial charge in [-0.15, -0.1) is 0 Å². The number of benzene rings is 1. The Bertz CT molecular complexity index is 675. The fraction of sp³-hybridized carbons (Fsp3) is 0.588. The van der Waals surface area contributed by atoms with Gasteiger partial charge >= 0.3 is 12.6 Å². The molecule has 3 rings (SSSR count). The SMILES string of the molecule is CN(CC(=O)O)CC1CN(Cc2cc3c(cc2OC(F)F)OCO3)CCO1. The molecule has 0 saturated carbocycles. The molecule has 0 aliphatic carbocycles. The molecule has 0 spiro atoms. The number of carboxylic acid groups (broad SMARTS) is 1. The lowest BCUT2D eigenvalue weighted by molar-refractivity contribution is -0.138. The van der Waals surface area contributed by atoms with Crippen LogP contribution in [0.25, 0.3) is 0 Å². The Kier molecular flexibility index (Phi) is 6.30. The van der Waals surface area contributed by atoms with E-state index in [0.717, 1.165) is 0 Å². The van der Waals surface area contributed by atoms with E-state index in [2.05, 4.69) is 9.64 Å². The van der Waals surface area contributed by atoms with Crippen molar-refractivity contribution in [1.82, 2.24) is 9.80 Å². The summed E-state index contributed by atoms with van der Waals surface area (Å²) in [5.74, 6) is 0.0294. The summed E-state index contributed by atoms with van der Waals surface area (Å²) in [5.41, 5.74) is 0.569. The largest absolute Gasteiger partial charge is 0.480 e. The number of carboxylic acids is 1. The molecule has 1 aromatic carbocycles. The molecule has 2 aliphatic heterocycles. The number of rotatable bonds is 8. The molecule has 2 aliphatic rings. The summed E-state index contributed by atoms with van der Waals surface area (Å²) in [6, 6.07) is 3.07. The van der Waals surface area contributed by atoms with E-state index in [1.807, 2.05) is 0 Å². The highest BCUT2D eigenvalue weighted by Crippen LogP contribution is 2.39. The molecule has 1 saturated heterocycles. The Morgan fingerprint density at radius 2 is 2.15 bits per heavy atom. The number of ether oxygens (including phenoxy) is 4. The Labute approximate surface area is 155 Å². The summed E-state index contributed by atoms with van der Waals surface area (Å²) in [4.78, 5) is 14.5. The van der Waals surface area contributed by atoms with Gasteiger partial charge in [-0.2, -0.15) is 8.78 Å². The molecule has 1 N–H and O–H groups in total. The molecule has 0 bridgehead atoms. The van der Waals surface area contributed by atoms with Crippen molar-refractivity contribution in [2.75, 3.05) is 46.6 Å². The van der Waals surface area contributed by atoms with Crippen LogP contribution in [0.3, 0.4) is 0 Å². The molecule has 150 valence electrons. The summed E-state index contributed by atoms with van der Waals surface area (Å²) in [6.45, 7) is -0.483. The van der Waals surface area contributed by atoms with Crippen LogP contribution in [0, 0.1) is 0 Å². The number of hydrogen-bond acceptors (Lipinski definition) is 7. The second kappa shape index (κ2) is 8.68. The van der Waals surface area contributed by atoms with Crippen molar-refractivity contribution < 1.29 is 37.6 Å². The molecule has 1 unspecified atom stereocenters. The predicted molar refractivity (Wildman–Crippen MR) is 89.3 cm³/mol. The quantitative estimate of drug-likeness (QED) is 0.713. The highest BCUT2D eigenvalue weighted by Gasteiger charge is 2.25. The number of nitrogens with zero attached hydrogens (tertiary/aromatic N) is 2. The molecule has 0 amide bonds. The molecule has 10 heteroatoms. The summed E-state index contributed by atoms with van der Waals surface area (Å²) >= 11 is 0. The minimum atomic E-state index is -2.94. The second-order valence-electron chi connectivity index (χ2n) is 6.51. The van der Waals surface area contributed by atoms with Gasteiger partial charge in [-0.05, 0) is 13.1 Å². The molecular weight excluding hydrogens is 366 g/mol. The Morgan fingerprint density at radius 3 is 2.85 bits per heavy atom. The van der Waals surface area contributed by atoms with E-state index in [-0.39, 0.29) is 25.2 Å². The van der Waals surface area contributed by atoms with E-state index in [4.69, 9.17) is 19.3 Å². The van der Waals surface area contributed by atoms with Crippen molar-refractivity contribution in [2.45, 2.75) is 19.3 Å². The highest BCUT2D eigenvalue weighted by molar-refractivity contribution is 5.69. The lowest BCUT2D eigenvalue weighted by Gasteiger charge is -2.34. The van der Waals surface area contributed by atoms with Crippen LogP contribution in [0.15, 0.2) is 12.1 Å². The molecule has 1 fully saturated rings. The number of alkyl halides is 2. The minimum Gasteiger partial charge on any atom is -0.480 e. The van der Waals surface area contributed by atoms with Crippen LogP contribution >= 0.6 is 0 Å². The molecule has 8 nitrogen and oxygen atoms in total. The molecule has 1 aromatic rings. The highest BCUT2D eigenvalue weighted by atomic mass is 19.3. The van der Waals surface area contributed by atoms with Crippen LogP contribution in [-0.2, 0) is 16.1 Å². The number of likely N-dealkylation sites (N-methyl/N-ethyl adjacent to an activating group) is 1. The van der Waals surface area contributed by atoms with Crippen molar-refractivity contribution in [2.24, 2.45) is 0 Å². The Balaban J connectivity index is 1.66. The maximum Gasteiger partial charge on any atom is 0.387 e. The zero-order valence-corrected chi connectivity index (χ0v) is 14.9. The van der Waals surface area contributed by atoms with Gasteiger partial charge in [0, 0.05) is 37.8 Å². The summed E-state index contributed by atoms with van der Waals surface area (Å²) in [5, 5.41) is 8.85. The zero-order valence-electron chi connectivity index (χ0n) is 14.9. The number of hydrogen-bond donors (Lipinski definition) is 1. The van der Waals surface area contributed by atoms with E-state index in [1.165, 1.54) is 6.07 Å². The maximum absolute atomic E-state index is 12.8. The molecule has 1 atom stereocenters. The fourth-order valence-electron chi connectivity index (χ4n) is 3.21. The number of fused-ring (bicyclic) bond motifs is 1. The van der Waals surface area contributed by atoms with Gasteiger partial charge in [0.05, 0.1) is 19.3 Å². The third kappa shape index (κ3) is 5.41. The van der Waals surface area contributed by atoms with E-state index >= 15 is 0 Å². The monoisotopic (exact) mass is 388 g/mol. The predicted octanol–water partition coefficient (Wildman–Crippen LogP) is 1.23. The first-order chi connectivity index (χ1) is 12.9. The van der Waals surface area contributed by atoms with Crippen molar-refractivity contribution in [1.29, 1.82) is 0 Å². The zero-order chi connectivity index (χ0) is 19.4. The van der Waals surface area contributed by atoms with E-state index in [1.54, 1.807) is 18.0 Å². The first-order valence-corrected chi connectivity index (χ1v) is 8.52. The molecule has 2 heterocycles. The Hall–Kier alpha value is -2.17. The van der Waals surface area contributed by atoms with Gasteiger partial charge in [-0.25, -0.2) is 0 Å². The van der Waals surface area contributed by atoms with Crippen molar-refractivity contribution in [3.63, 3.8) is 0 Å². The number of carbonyl (C=O) groups is 1. The summed E-state index contributed by atoms with van der Waals surface area (Å²) in [6.07, 6.45) is -0.170.